The number of carbonyl (C=O) groups excluding carboxylic acids is 1. The Bertz CT molecular complexity index is 1010. The van der Waals surface area contributed by atoms with Crippen LogP contribution in [0.1, 0.15) is 10.4 Å². The summed E-state index contributed by atoms with van der Waals surface area (Å²) >= 11 is 1.31. The number of non-ortho nitro benzene ring substituents is 1. The van der Waals surface area contributed by atoms with Gasteiger partial charge >= 0.3 is 0 Å². The lowest BCUT2D eigenvalue weighted by atomic mass is 10.2. The van der Waals surface area contributed by atoms with Crippen LogP contribution in [-0.4, -0.2) is 21.0 Å². The SMILES string of the molecule is O=C(Nc1ccc(O)c(O)c1)c1ccccc1Sc1ccc([N+](=O)[O-])cc1. The molecule has 1 amide bonds. The molecule has 3 rings (SSSR count). The van der Waals surface area contributed by atoms with Crippen LogP contribution in [0.15, 0.2) is 76.5 Å². The van der Waals surface area contributed by atoms with E-state index in [9.17, 15) is 25.1 Å². The summed E-state index contributed by atoms with van der Waals surface area (Å²) in [5.74, 6) is -0.992. The van der Waals surface area contributed by atoms with Gasteiger partial charge in [-0.1, -0.05) is 23.9 Å². The molecule has 0 saturated heterocycles. The summed E-state index contributed by atoms with van der Waals surface area (Å²) in [5.41, 5.74) is 0.747. The van der Waals surface area contributed by atoms with Crippen LogP contribution in [0.4, 0.5) is 11.4 Å². The molecule has 3 aromatic carbocycles. The Balaban J connectivity index is 1.81. The largest absolute Gasteiger partial charge is 0.504 e. The maximum absolute atomic E-state index is 12.6. The zero-order valence-corrected chi connectivity index (χ0v) is 14.6. The molecule has 0 aliphatic heterocycles. The first-order valence-electron chi connectivity index (χ1n) is 7.79. The van der Waals surface area contributed by atoms with E-state index in [2.05, 4.69) is 5.32 Å². The molecule has 7 nitrogen and oxygen atoms in total. The van der Waals surface area contributed by atoms with Crippen molar-refractivity contribution in [3.05, 3.63) is 82.4 Å². The monoisotopic (exact) mass is 382 g/mol. The van der Waals surface area contributed by atoms with Gasteiger partial charge in [-0.25, -0.2) is 0 Å². The fourth-order valence-corrected chi connectivity index (χ4v) is 3.25. The van der Waals surface area contributed by atoms with Gasteiger partial charge in [0.1, 0.15) is 0 Å². The Morgan fingerprint density at radius 3 is 2.33 bits per heavy atom. The molecule has 0 spiro atoms. The molecule has 0 bridgehead atoms. The van der Waals surface area contributed by atoms with E-state index in [-0.39, 0.29) is 23.1 Å². The van der Waals surface area contributed by atoms with E-state index < -0.39 is 4.92 Å². The maximum atomic E-state index is 12.6. The smallest absolute Gasteiger partial charge is 0.269 e. The van der Waals surface area contributed by atoms with Crippen molar-refractivity contribution in [1.82, 2.24) is 0 Å². The van der Waals surface area contributed by atoms with Crippen molar-refractivity contribution >= 4 is 29.0 Å². The van der Waals surface area contributed by atoms with Crippen molar-refractivity contribution in [2.45, 2.75) is 9.79 Å². The maximum Gasteiger partial charge on any atom is 0.269 e. The number of nitrogens with zero attached hydrogens (tertiary/aromatic N) is 1. The van der Waals surface area contributed by atoms with Crippen LogP contribution < -0.4 is 5.32 Å². The highest BCUT2D eigenvalue weighted by Crippen LogP contribution is 2.32. The molecule has 0 fully saturated rings. The Morgan fingerprint density at radius 2 is 1.67 bits per heavy atom. The van der Waals surface area contributed by atoms with Crippen molar-refractivity contribution in [3.8, 4) is 11.5 Å². The number of rotatable bonds is 5. The van der Waals surface area contributed by atoms with Crippen LogP contribution in [-0.2, 0) is 0 Å². The molecule has 0 aliphatic carbocycles. The first-order valence-corrected chi connectivity index (χ1v) is 8.60. The molecule has 0 heterocycles. The van der Waals surface area contributed by atoms with Gasteiger partial charge in [0.25, 0.3) is 11.6 Å². The first kappa shape index (κ1) is 18.3. The summed E-state index contributed by atoms with van der Waals surface area (Å²) in [6, 6.07) is 17.0. The molecule has 8 heteroatoms. The van der Waals surface area contributed by atoms with E-state index in [1.165, 1.54) is 42.1 Å². The topological polar surface area (TPSA) is 113 Å². The molecule has 0 unspecified atom stereocenters. The van der Waals surface area contributed by atoms with E-state index in [1.807, 2.05) is 0 Å². The van der Waals surface area contributed by atoms with Crippen LogP contribution in [0.5, 0.6) is 11.5 Å². The predicted molar refractivity (Wildman–Crippen MR) is 101 cm³/mol. The predicted octanol–water partition coefficient (Wildman–Crippen LogP) is 4.41. The van der Waals surface area contributed by atoms with Gasteiger partial charge < -0.3 is 15.5 Å². The van der Waals surface area contributed by atoms with Gasteiger partial charge in [0.15, 0.2) is 11.5 Å². The number of nitro benzene ring substituents is 1. The average Bonchev–Trinajstić information content (AvgIpc) is 2.65. The van der Waals surface area contributed by atoms with Crippen molar-refractivity contribution in [3.63, 3.8) is 0 Å². The number of phenols is 2. The normalized spacial score (nSPS) is 10.4. The molecule has 0 aliphatic rings. The van der Waals surface area contributed by atoms with Gasteiger partial charge in [-0.15, -0.1) is 0 Å². The highest BCUT2D eigenvalue weighted by molar-refractivity contribution is 7.99. The Labute approximate surface area is 158 Å². The number of hydrogen-bond donors (Lipinski definition) is 3. The molecule has 0 saturated carbocycles. The zero-order valence-electron chi connectivity index (χ0n) is 13.8. The number of benzene rings is 3. The molecular weight excluding hydrogens is 368 g/mol. The van der Waals surface area contributed by atoms with Crippen molar-refractivity contribution in [2.75, 3.05) is 5.32 Å². The Morgan fingerprint density at radius 1 is 0.963 bits per heavy atom. The van der Waals surface area contributed by atoms with Crippen molar-refractivity contribution in [2.24, 2.45) is 0 Å². The minimum absolute atomic E-state index is 0.00230. The van der Waals surface area contributed by atoms with Crippen LogP contribution in [0.2, 0.25) is 0 Å². The van der Waals surface area contributed by atoms with Crippen LogP contribution in [0, 0.1) is 10.1 Å². The van der Waals surface area contributed by atoms with Crippen molar-refractivity contribution < 1.29 is 19.9 Å². The molecule has 3 aromatic rings. The van der Waals surface area contributed by atoms with E-state index in [0.29, 0.717) is 16.1 Å². The lowest BCUT2D eigenvalue weighted by Gasteiger charge is -2.10. The third-order valence-electron chi connectivity index (χ3n) is 3.64. The third-order valence-corrected chi connectivity index (χ3v) is 4.72. The Hall–Kier alpha value is -3.52. The van der Waals surface area contributed by atoms with E-state index in [0.717, 1.165) is 4.90 Å². The lowest BCUT2D eigenvalue weighted by molar-refractivity contribution is -0.384. The molecule has 136 valence electrons. The van der Waals surface area contributed by atoms with Crippen molar-refractivity contribution in [1.29, 1.82) is 0 Å². The standard InChI is InChI=1S/C19H14N2O5S/c22-16-10-5-12(11-17(16)23)20-19(24)15-3-1-2-4-18(15)27-14-8-6-13(7-9-14)21(25)26/h1-11,22-23H,(H,20,24). The Kier molecular flexibility index (Phi) is 5.28. The van der Waals surface area contributed by atoms with E-state index >= 15 is 0 Å². The van der Waals surface area contributed by atoms with Gasteiger partial charge in [0, 0.05) is 33.7 Å². The van der Waals surface area contributed by atoms with Crippen LogP contribution >= 0.6 is 11.8 Å². The van der Waals surface area contributed by atoms with Gasteiger partial charge in [-0.3, -0.25) is 14.9 Å². The number of amides is 1. The summed E-state index contributed by atoms with van der Waals surface area (Å²) < 4.78 is 0. The second kappa shape index (κ2) is 7.79. The summed E-state index contributed by atoms with van der Waals surface area (Å²) in [6.45, 7) is 0. The highest BCUT2D eigenvalue weighted by atomic mass is 32.2. The quantitative estimate of drug-likeness (QED) is 0.261. The summed E-state index contributed by atoms with van der Waals surface area (Å²) in [6.07, 6.45) is 0. The number of nitrogens with one attached hydrogen (secondary N) is 1. The number of nitro groups is 1. The second-order valence-electron chi connectivity index (χ2n) is 5.51. The van der Waals surface area contributed by atoms with E-state index in [4.69, 9.17) is 0 Å². The van der Waals surface area contributed by atoms with Crippen LogP contribution in [0.25, 0.3) is 0 Å². The minimum Gasteiger partial charge on any atom is -0.504 e. The van der Waals surface area contributed by atoms with E-state index in [1.54, 1.807) is 36.4 Å². The fourth-order valence-electron chi connectivity index (χ4n) is 2.31. The average molecular weight is 382 g/mol. The molecule has 3 N–H and O–H groups in total. The summed E-state index contributed by atoms with van der Waals surface area (Å²) in [5, 5.41) is 32.3. The van der Waals surface area contributed by atoms with Gasteiger partial charge in [-0.05, 0) is 36.4 Å². The number of phenolic OH excluding ortho intramolecular Hbond substituents is 2. The summed E-state index contributed by atoms with van der Waals surface area (Å²) in [7, 11) is 0. The minimum atomic E-state index is -0.469. The molecule has 0 aromatic heterocycles. The molecule has 0 atom stereocenters. The van der Waals surface area contributed by atoms with Gasteiger partial charge in [-0.2, -0.15) is 0 Å². The molecule has 27 heavy (non-hydrogen) atoms. The molecular formula is C19H14N2O5S. The zero-order chi connectivity index (χ0) is 19.4. The fraction of sp³-hybridized carbons (Fsp3) is 0. The summed E-state index contributed by atoms with van der Waals surface area (Å²) in [4.78, 5) is 24.3. The third kappa shape index (κ3) is 4.36. The first-order chi connectivity index (χ1) is 12.9. The number of carbonyl (C=O) groups is 1. The van der Waals surface area contributed by atoms with Crippen LogP contribution in [0.3, 0.4) is 0 Å². The van der Waals surface area contributed by atoms with Gasteiger partial charge in [0.05, 0.1) is 10.5 Å². The number of hydrogen-bond acceptors (Lipinski definition) is 6. The molecule has 0 radical (unpaired) electrons. The second-order valence-corrected chi connectivity index (χ2v) is 6.62. The van der Waals surface area contributed by atoms with Gasteiger partial charge in [0.2, 0.25) is 0 Å². The highest BCUT2D eigenvalue weighted by Gasteiger charge is 2.14. The number of aromatic hydroxyl groups is 2. The lowest BCUT2D eigenvalue weighted by Crippen LogP contribution is -2.12. The number of anilines is 1.